The second-order valence-corrected chi connectivity index (χ2v) is 8.43. The van der Waals surface area contributed by atoms with E-state index in [9.17, 15) is 9.59 Å². The molecule has 2 bridgehead atoms. The van der Waals surface area contributed by atoms with E-state index < -0.39 is 0 Å². The van der Waals surface area contributed by atoms with Crippen LogP contribution in [0.5, 0.6) is 0 Å². The van der Waals surface area contributed by atoms with Gasteiger partial charge in [-0.05, 0) is 31.0 Å². The minimum absolute atomic E-state index is 0.114. The summed E-state index contributed by atoms with van der Waals surface area (Å²) in [5, 5.41) is 3.08. The molecule has 6 rings (SSSR count). The summed E-state index contributed by atoms with van der Waals surface area (Å²) < 4.78 is 11.3. The number of benzene rings is 1. The van der Waals surface area contributed by atoms with Gasteiger partial charge in [0, 0.05) is 30.5 Å². The Kier molecular flexibility index (Phi) is 3.76. The monoisotopic (exact) mass is 407 g/mol. The molecule has 3 aromatic rings. The maximum Gasteiger partial charge on any atom is 0.275 e. The smallest absolute Gasteiger partial charge is 0.275 e. The van der Waals surface area contributed by atoms with E-state index in [4.69, 9.17) is 9.15 Å². The molecular weight excluding hydrogens is 386 g/mol. The zero-order valence-corrected chi connectivity index (χ0v) is 16.2. The van der Waals surface area contributed by atoms with Crippen LogP contribution in [0.3, 0.4) is 0 Å². The number of carbonyl (C=O) groups excluding carboxylic acids is 2. The standard InChI is InChI=1S/C21H21N5O4/c27-19(12-1-2-15-16(5-12)24-10-23-15)22-6-13-14-7-26(20(28)17-8-29-11-25-17)9-21(14)4-3-18(13)30-21/h1-2,5,8,10-11,13-14,18H,3-4,6-7,9H2,(H,22,27)(H,23,24)/t13-,14+,18+,21+/m0/s1. The highest BCUT2D eigenvalue weighted by Crippen LogP contribution is 2.54. The first kappa shape index (κ1) is 17.6. The molecule has 0 saturated carbocycles. The predicted octanol–water partition coefficient (Wildman–Crippen LogP) is 1.60. The summed E-state index contributed by atoms with van der Waals surface area (Å²) in [5.74, 6) is 0.156. The van der Waals surface area contributed by atoms with Gasteiger partial charge >= 0.3 is 0 Å². The van der Waals surface area contributed by atoms with E-state index in [2.05, 4.69) is 20.3 Å². The van der Waals surface area contributed by atoms with Crippen LogP contribution >= 0.6 is 0 Å². The Morgan fingerprint density at radius 1 is 1.33 bits per heavy atom. The Bertz CT molecular complexity index is 1130. The van der Waals surface area contributed by atoms with E-state index in [1.54, 1.807) is 12.4 Å². The molecule has 1 aromatic carbocycles. The van der Waals surface area contributed by atoms with Crippen molar-refractivity contribution in [2.45, 2.75) is 24.5 Å². The van der Waals surface area contributed by atoms with Gasteiger partial charge in [-0.25, -0.2) is 9.97 Å². The molecule has 30 heavy (non-hydrogen) atoms. The van der Waals surface area contributed by atoms with E-state index in [0.717, 1.165) is 23.9 Å². The van der Waals surface area contributed by atoms with E-state index in [1.165, 1.54) is 12.7 Å². The van der Waals surface area contributed by atoms with Gasteiger partial charge in [-0.3, -0.25) is 9.59 Å². The van der Waals surface area contributed by atoms with E-state index in [1.807, 2.05) is 17.0 Å². The molecule has 2 amide bonds. The van der Waals surface area contributed by atoms with Crippen LogP contribution in [0.4, 0.5) is 0 Å². The van der Waals surface area contributed by atoms with Gasteiger partial charge in [0.25, 0.3) is 11.8 Å². The maximum absolute atomic E-state index is 12.7. The number of H-pyrrole nitrogens is 1. The molecule has 0 aliphatic carbocycles. The number of hydrogen-bond acceptors (Lipinski definition) is 6. The lowest BCUT2D eigenvalue weighted by Gasteiger charge is -2.29. The summed E-state index contributed by atoms with van der Waals surface area (Å²) in [6.07, 6.45) is 6.30. The number of nitrogens with zero attached hydrogens (tertiary/aromatic N) is 3. The van der Waals surface area contributed by atoms with Crippen molar-refractivity contribution in [2.75, 3.05) is 19.6 Å². The Labute approximate surface area is 171 Å². The second kappa shape index (κ2) is 6.40. The molecule has 9 nitrogen and oxygen atoms in total. The maximum atomic E-state index is 12.7. The number of amides is 2. The zero-order valence-electron chi connectivity index (χ0n) is 16.2. The first-order chi connectivity index (χ1) is 14.6. The normalized spacial score (nSPS) is 29.5. The summed E-state index contributed by atoms with van der Waals surface area (Å²) in [6.45, 7) is 1.71. The Morgan fingerprint density at radius 2 is 2.27 bits per heavy atom. The molecule has 5 heterocycles. The predicted molar refractivity (Wildman–Crippen MR) is 105 cm³/mol. The van der Waals surface area contributed by atoms with Crippen LogP contribution in [0, 0.1) is 11.8 Å². The molecule has 0 unspecified atom stereocenters. The summed E-state index contributed by atoms with van der Waals surface area (Å²) in [6, 6.07) is 5.43. The average Bonchev–Trinajstić information content (AvgIpc) is 3.56. The molecule has 4 atom stereocenters. The van der Waals surface area contributed by atoms with E-state index in [0.29, 0.717) is 30.9 Å². The molecule has 3 saturated heterocycles. The first-order valence-electron chi connectivity index (χ1n) is 10.2. The van der Waals surface area contributed by atoms with Crippen molar-refractivity contribution in [1.29, 1.82) is 0 Å². The third-order valence-electron chi connectivity index (χ3n) is 6.90. The Morgan fingerprint density at radius 3 is 3.13 bits per heavy atom. The van der Waals surface area contributed by atoms with E-state index >= 15 is 0 Å². The minimum Gasteiger partial charge on any atom is -0.451 e. The summed E-state index contributed by atoms with van der Waals surface area (Å²) in [5.41, 5.74) is 2.29. The highest BCUT2D eigenvalue weighted by atomic mass is 16.5. The van der Waals surface area contributed by atoms with E-state index in [-0.39, 0.29) is 35.4 Å². The van der Waals surface area contributed by atoms with Crippen molar-refractivity contribution in [2.24, 2.45) is 11.8 Å². The van der Waals surface area contributed by atoms with Crippen LogP contribution in [-0.4, -0.2) is 63.0 Å². The van der Waals surface area contributed by atoms with Gasteiger partial charge in [0.2, 0.25) is 0 Å². The largest absolute Gasteiger partial charge is 0.451 e. The van der Waals surface area contributed by atoms with Gasteiger partial charge in [-0.15, -0.1) is 0 Å². The van der Waals surface area contributed by atoms with Crippen LogP contribution in [0.2, 0.25) is 0 Å². The lowest BCUT2D eigenvalue weighted by atomic mass is 9.73. The number of carbonyl (C=O) groups is 2. The number of aromatic nitrogens is 3. The Hall–Kier alpha value is -3.20. The Balaban J connectivity index is 1.16. The van der Waals surface area contributed by atoms with Gasteiger partial charge in [0.05, 0.1) is 35.6 Å². The van der Waals surface area contributed by atoms with Crippen molar-refractivity contribution in [1.82, 2.24) is 25.2 Å². The number of nitrogens with one attached hydrogen (secondary N) is 2. The molecule has 9 heteroatoms. The number of ether oxygens (including phenoxy) is 1. The lowest BCUT2D eigenvalue weighted by Crippen LogP contribution is -2.41. The minimum atomic E-state index is -0.297. The highest BCUT2D eigenvalue weighted by molar-refractivity contribution is 5.97. The number of aromatic amines is 1. The first-order valence-corrected chi connectivity index (χ1v) is 10.2. The molecule has 154 valence electrons. The van der Waals surface area contributed by atoms with Gasteiger partial charge in [-0.1, -0.05) is 0 Å². The molecule has 3 aliphatic rings. The van der Waals surface area contributed by atoms with Crippen molar-refractivity contribution in [3.63, 3.8) is 0 Å². The number of fused-ring (bicyclic) bond motifs is 2. The number of hydrogen-bond donors (Lipinski definition) is 2. The third kappa shape index (κ3) is 2.58. The van der Waals surface area contributed by atoms with Gasteiger partial charge in [0.15, 0.2) is 12.1 Å². The van der Waals surface area contributed by atoms with Crippen molar-refractivity contribution in [3.05, 3.63) is 48.4 Å². The number of likely N-dealkylation sites (tertiary alicyclic amines) is 1. The topological polar surface area (TPSA) is 113 Å². The summed E-state index contributed by atoms with van der Waals surface area (Å²) in [7, 11) is 0. The second-order valence-electron chi connectivity index (χ2n) is 8.43. The summed E-state index contributed by atoms with van der Waals surface area (Å²) in [4.78, 5) is 38.5. The molecule has 0 radical (unpaired) electrons. The highest BCUT2D eigenvalue weighted by Gasteiger charge is 2.63. The van der Waals surface area contributed by atoms with Gasteiger partial charge < -0.3 is 24.4 Å². The average molecular weight is 407 g/mol. The van der Waals surface area contributed by atoms with Gasteiger partial charge in [0.1, 0.15) is 6.26 Å². The fraction of sp³-hybridized carbons (Fsp3) is 0.429. The fourth-order valence-electron chi connectivity index (χ4n) is 5.49. The van der Waals surface area contributed by atoms with Crippen LogP contribution in [0.15, 0.2) is 41.6 Å². The van der Waals surface area contributed by atoms with Crippen LogP contribution in [0.1, 0.15) is 33.7 Å². The molecule has 3 aliphatic heterocycles. The van der Waals surface area contributed by atoms with Crippen molar-refractivity contribution < 1.29 is 18.7 Å². The van der Waals surface area contributed by atoms with Crippen LogP contribution in [-0.2, 0) is 4.74 Å². The summed E-state index contributed by atoms with van der Waals surface area (Å²) >= 11 is 0. The van der Waals surface area contributed by atoms with Crippen molar-refractivity contribution >= 4 is 22.8 Å². The zero-order chi connectivity index (χ0) is 20.3. The lowest BCUT2D eigenvalue weighted by molar-refractivity contribution is 0.00311. The molecule has 2 aromatic heterocycles. The number of oxazole rings is 1. The van der Waals surface area contributed by atoms with Crippen molar-refractivity contribution in [3.8, 4) is 0 Å². The molecule has 2 N–H and O–H groups in total. The fourth-order valence-corrected chi connectivity index (χ4v) is 5.49. The van der Waals surface area contributed by atoms with Crippen LogP contribution < -0.4 is 5.32 Å². The number of rotatable bonds is 4. The molecular formula is C21H21N5O4. The molecule has 3 fully saturated rings. The third-order valence-corrected chi connectivity index (χ3v) is 6.90. The van der Waals surface area contributed by atoms with Crippen LogP contribution in [0.25, 0.3) is 11.0 Å². The quantitative estimate of drug-likeness (QED) is 0.679. The van der Waals surface area contributed by atoms with Gasteiger partial charge in [-0.2, -0.15) is 0 Å². The SMILES string of the molecule is O=C(NC[C@H]1[C@H]2CN(C(=O)c3cocn3)C[C@]23CC[C@H]1O3)c1ccc2nc[nH]c2c1. The molecule has 1 spiro atoms. The number of imidazole rings is 1.